The number of nitrogens with one attached hydrogen (secondary N) is 1. The van der Waals surface area contributed by atoms with Crippen LogP contribution in [0.1, 0.15) is 34.5 Å². The van der Waals surface area contributed by atoms with Crippen LogP contribution < -0.4 is 5.32 Å². The maximum Gasteiger partial charge on any atom is 0.251 e. The van der Waals surface area contributed by atoms with Gasteiger partial charge in [0.2, 0.25) is 0 Å². The number of pyridine rings is 1. The first-order chi connectivity index (χ1) is 13.6. The molecule has 0 radical (unpaired) electrons. The summed E-state index contributed by atoms with van der Waals surface area (Å²) in [6, 6.07) is 10.7. The summed E-state index contributed by atoms with van der Waals surface area (Å²) in [6.07, 6.45) is 6.15. The minimum atomic E-state index is -0.199. The smallest absolute Gasteiger partial charge is 0.251 e. The lowest BCUT2D eigenvalue weighted by molar-refractivity contribution is 0.0952. The lowest BCUT2D eigenvalue weighted by Crippen LogP contribution is -2.28. The number of aromatic nitrogens is 3. The second kappa shape index (κ2) is 8.33. The molecule has 1 aliphatic carbocycles. The number of amides is 1. The summed E-state index contributed by atoms with van der Waals surface area (Å²) < 4.78 is 2.02. The molecule has 0 saturated carbocycles. The Kier molecular flexibility index (Phi) is 5.64. The Labute approximate surface area is 173 Å². The Bertz CT molecular complexity index is 981. The molecule has 2 aromatic heterocycles. The zero-order valence-corrected chi connectivity index (χ0v) is 16.8. The molecule has 1 aromatic carbocycles. The second-order valence-corrected chi connectivity index (χ2v) is 7.71. The summed E-state index contributed by atoms with van der Waals surface area (Å²) in [5.41, 5.74) is 4.86. The molecule has 0 bridgehead atoms. The van der Waals surface area contributed by atoms with Crippen molar-refractivity contribution in [3.63, 3.8) is 0 Å². The molecular weight excluding hydrogens is 395 g/mol. The molecule has 28 heavy (non-hydrogen) atoms. The number of nitrogens with zero attached hydrogens (tertiary/aromatic N) is 3. The number of halogens is 2. The van der Waals surface area contributed by atoms with Crippen molar-refractivity contribution in [3.05, 3.63) is 69.5 Å². The van der Waals surface area contributed by atoms with Crippen molar-refractivity contribution in [2.24, 2.45) is 0 Å². The zero-order valence-electron chi connectivity index (χ0n) is 15.3. The van der Waals surface area contributed by atoms with Crippen LogP contribution in [0.5, 0.6) is 0 Å². The minimum absolute atomic E-state index is 0.199. The highest BCUT2D eigenvalue weighted by Gasteiger charge is 2.22. The topological polar surface area (TPSA) is 59.8 Å². The van der Waals surface area contributed by atoms with Crippen LogP contribution in [0.25, 0.3) is 11.4 Å². The number of carbonyl (C=O) groups is 1. The van der Waals surface area contributed by atoms with Crippen LogP contribution in [0.3, 0.4) is 0 Å². The SMILES string of the molecule is O=C(NCCn1nc(-c2ccccn2)c2c1CCCC2)c1cc(Cl)cc(Cl)c1. The minimum Gasteiger partial charge on any atom is -0.350 e. The Morgan fingerprint density at radius 3 is 2.64 bits per heavy atom. The van der Waals surface area contributed by atoms with Crippen LogP contribution in [-0.4, -0.2) is 27.2 Å². The first-order valence-corrected chi connectivity index (χ1v) is 10.1. The van der Waals surface area contributed by atoms with E-state index in [1.165, 1.54) is 17.7 Å². The van der Waals surface area contributed by atoms with Gasteiger partial charge in [-0.25, -0.2) is 0 Å². The molecule has 0 fully saturated rings. The highest BCUT2D eigenvalue weighted by Crippen LogP contribution is 2.30. The molecule has 0 saturated heterocycles. The summed E-state index contributed by atoms with van der Waals surface area (Å²) >= 11 is 12.0. The van der Waals surface area contributed by atoms with Gasteiger partial charge in [-0.2, -0.15) is 5.10 Å². The van der Waals surface area contributed by atoms with E-state index in [-0.39, 0.29) is 5.91 Å². The van der Waals surface area contributed by atoms with Gasteiger partial charge in [0.15, 0.2) is 0 Å². The Morgan fingerprint density at radius 1 is 1.11 bits per heavy atom. The van der Waals surface area contributed by atoms with Crippen molar-refractivity contribution in [1.29, 1.82) is 0 Å². The molecule has 144 valence electrons. The van der Waals surface area contributed by atoms with E-state index in [1.54, 1.807) is 24.4 Å². The molecular formula is C21H20Cl2N4O. The van der Waals surface area contributed by atoms with Crippen molar-refractivity contribution >= 4 is 29.1 Å². The van der Waals surface area contributed by atoms with Crippen LogP contribution >= 0.6 is 23.2 Å². The standard InChI is InChI=1S/C21H20Cl2N4O/c22-15-11-14(12-16(23)13-15)21(28)25-9-10-27-19-7-2-1-5-17(19)20(26-27)18-6-3-4-8-24-18/h3-4,6,8,11-13H,1-2,5,7,9-10H2,(H,25,28). The van der Waals surface area contributed by atoms with Gasteiger partial charge in [0.05, 0.1) is 12.2 Å². The maximum absolute atomic E-state index is 12.4. The third kappa shape index (κ3) is 4.05. The van der Waals surface area contributed by atoms with Crippen molar-refractivity contribution < 1.29 is 4.79 Å². The van der Waals surface area contributed by atoms with Crippen LogP contribution in [0.2, 0.25) is 10.0 Å². The monoisotopic (exact) mass is 414 g/mol. The highest BCUT2D eigenvalue weighted by atomic mass is 35.5. The van der Waals surface area contributed by atoms with Crippen LogP contribution in [0.4, 0.5) is 0 Å². The van der Waals surface area contributed by atoms with Gasteiger partial charge >= 0.3 is 0 Å². The van der Waals surface area contributed by atoms with E-state index in [4.69, 9.17) is 28.3 Å². The molecule has 7 heteroatoms. The normalized spacial score (nSPS) is 13.2. The molecule has 0 unspecified atom stereocenters. The summed E-state index contributed by atoms with van der Waals surface area (Å²) in [6.45, 7) is 1.08. The Hall–Kier alpha value is -2.37. The van der Waals surface area contributed by atoms with Gasteiger partial charge < -0.3 is 5.32 Å². The average Bonchev–Trinajstić information content (AvgIpc) is 3.07. The first-order valence-electron chi connectivity index (χ1n) is 9.36. The van der Waals surface area contributed by atoms with Crippen molar-refractivity contribution in [2.45, 2.75) is 32.2 Å². The lowest BCUT2D eigenvalue weighted by Gasteiger charge is -2.14. The number of hydrogen-bond acceptors (Lipinski definition) is 3. The molecule has 0 spiro atoms. The predicted octanol–water partition coefficient (Wildman–Crippen LogP) is 4.56. The highest BCUT2D eigenvalue weighted by molar-refractivity contribution is 6.35. The van der Waals surface area contributed by atoms with Crippen molar-refractivity contribution in [3.8, 4) is 11.4 Å². The number of benzene rings is 1. The van der Waals surface area contributed by atoms with Crippen LogP contribution in [0, 0.1) is 0 Å². The van der Waals surface area contributed by atoms with Gasteiger partial charge in [-0.1, -0.05) is 29.3 Å². The van der Waals surface area contributed by atoms with Gasteiger partial charge in [-0.3, -0.25) is 14.5 Å². The maximum atomic E-state index is 12.4. The van der Waals surface area contributed by atoms with Crippen LogP contribution in [-0.2, 0) is 19.4 Å². The number of carbonyl (C=O) groups excluding carboxylic acids is 1. The molecule has 1 N–H and O–H groups in total. The molecule has 3 aromatic rings. The van der Waals surface area contributed by atoms with E-state index < -0.39 is 0 Å². The molecule has 4 rings (SSSR count). The van der Waals surface area contributed by atoms with Gasteiger partial charge in [0, 0.05) is 39.6 Å². The summed E-state index contributed by atoms with van der Waals surface area (Å²) in [4.78, 5) is 16.9. The molecule has 1 amide bonds. The van der Waals surface area contributed by atoms with E-state index in [1.807, 2.05) is 22.9 Å². The van der Waals surface area contributed by atoms with E-state index in [0.29, 0.717) is 28.7 Å². The summed E-state index contributed by atoms with van der Waals surface area (Å²) in [5, 5.41) is 8.63. The predicted molar refractivity (Wildman–Crippen MR) is 111 cm³/mol. The third-order valence-corrected chi connectivity index (χ3v) is 5.33. The zero-order chi connectivity index (χ0) is 19.5. The average molecular weight is 415 g/mol. The second-order valence-electron chi connectivity index (χ2n) is 6.83. The Morgan fingerprint density at radius 2 is 1.89 bits per heavy atom. The van der Waals surface area contributed by atoms with E-state index in [0.717, 1.165) is 30.7 Å². The van der Waals surface area contributed by atoms with E-state index in [9.17, 15) is 4.79 Å². The fourth-order valence-corrected chi connectivity index (χ4v) is 4.15. The number of rotatable bonds is 5. The molecule has 0 atom stereocenters. The molecule has 1 aliphatic rings. The number of fused-ring (bicyclic) bond motifs is 1. The fourth-order valence-electron chi connectivity index (χ4n) is 3.63. The molecule has 2 heterocycles. The lowest BCUT2D eigenvalue weighted by atomic mass is 9.95. The molecule has 0 aliphatic heterocycles. The van der Waals surface area contributed by atoms with E-state index in [2.05, 4.69) is 10.3 Å². The van der Waals surface area contributed by atoms with E-state index >= 15 is 0 Å². The summed E-state index contributed by atoms with van der Waals surface area (Å²) in [5.74, 6) is -0.199. The Balaban J connectivity index is 1.49. The largest absolute Gasteiger partial charge is 0.350 e. The van der Waals surface area contributed by atoms with Gasteiger partial charge in [0.25, 0.3) is 5.91 Å². The third-order valence-electron chi connectivity index (χ3n) is 4.90. The van der Waals surface area contributed by atoms with Gasteiger partial charge in [-0.15, -0.1) is 0 Å². The fraction of sp³-hybridized carbons (Fsp3) is 0.286. The summed E-state index contributed by atoms with van der Waals surface area (Å²) in [7, 11) is 0. The van der Waals surface area contributed by atoms with Crippen molar-refractivity contribution in [2.75, 3.05) is 6.54 Å². The first kappa shape index (κ1) is 19.0. The van der Waals surface area contributed by atoms with Crippen LogP contribution in [0.15, 0.2) is 42.6 Å². The number of hydrogen-bond donors (Lipinski definition) is 1. The van der Waals surface area contributed by atoms with Crippen molar-refractivity contribution in [1.82, 2.24) is 20.1 Å². The molecule has 5 nitrogen and oxygen atoms in total. The quantitative estimate of drug-likeness (QED) is 0.665. The van der Waals surface area contributed by atoms with Gasteiger partial charge in [-0.05, 0) is 56.0 Å². The van der Waals surface area contributed by atoms with Gasteiger partial charge in [0.1, 0.15) is 5.69 Å².